The Bertz CT molecular complexity index is 930. The molecule has 2 fully saturated rings. The zero-order valence-corrected chi connectivity index (χ0v) is 16.8. The van der Waals surface area contributed by atoms with Crippen LogP contribution in [0.5, 0.6) is 0 Å². The lowest BCUT2D eigenvalue weighted by Crippen LogP contribution is -2.54. The summed E-state index contributed by atoms with van der Waals surface area (Å²) in [5.74, 6) is 1.14. The lowest BCUT2D eigenvalue weighted by molar-refractivity contribution is -0.172. The van der Waals surface area contributed by atoms with Gasteiger partial charge in [-0.3, -0.25) is 9.59 Å². The van der Waals surface area contributed by atoms with Crippen LogP contribution >= 0.6 is 11.6 Å². The van der Waals surface area contributed by atoms with Crippen molar-refractivity contribution in [1.29, 1.82) is 0 Å². The van der Waals surface area contributed by atoms with E-state index in [0.29, 0.717) is 43.2 Å². The maximum absolute atomic E-state index is 12.9. The largest absolute Gasteiger partial charge is 0.352 e. The first-order valence-corrected chi connectivity index (χ1v) is 10.5. The summed E-state index contributed by atoms with van der Waals surface area (Å²) in [4.78, 5) is 31.8. The number of hydrogen-bond acceptors (Lipinski definition) is 4. The highest BCUT2D eigenvalue weighted by molar-refractivity contribution is 6.30. The second kappa shape index (κ2) is 7.15. The summed E-state index contributed by atoms with van der Waals surface area (Å²) in [7, 11) is 0. The number of amides is 2. The number of anilines is 1. The summed E-state index contributed by atoms with van der Waals surface area (Å²) < 4.78 is 8.41. The quantitative estimate of drug-likeness (QED) is 0.837. The molecule has 1 aliphatic carbocycles. The fourth-order valence-electron chi connectivity index (χ4n) is 4.31. The average Bonchev–Trinajstić information content (AvgIpc) is 3.47. The number of carbonyl (C=O) groups excluding carboxylic acids is 2. The Morgan fingerprint density at radius 2 is 1.90 bits per heavy atom. The van der Waals surface area contributed by atoms with Gasteiger partial charge in [0.1, 0.15) is 11.4 Å². The van der Waals surface area contributed by atoms with E-state index < -0.39 is 11.7 Å². The predicted octanol–water partition coefficient (Wildman–Crippen LogP) is 2.80. The third-order valence-corrected chi connectivity index (χ3v) is 6.32. The van der Waals surface area contributed by atoms with Gasteiger partial charge in [-0.2, -0.15) is 0 Å². The van der Waals surface area contributed by atoms with Gasteiger partial charge in [-0.15, -0.1) is 0 Å². The Hall–Kier alpha value is -2.38. The van der Waals surface area contributed by atoms with Crippen molar-refractivity contribution >= 4 is 29.1 Å². The number of likely N-dealkylation sites (tertiary alicyclic amines) is 1. The molecule has 7 nitrogen and oxygen atoms in total. The molecule has 152 valence electrons. The number of hydrogen-bond donors (Lipinski definition) is 1. The van der Waals surface area contributed by atoms with Crippen LogP contribution in [-0.2, 0) is 26.5 Å². The number of benzene rings is 1. The average molecular weight is 415 g/mol. The third-order valence-electron chi connectivity index (χ3n) is 6.07. The lowest BCUT2D eigenvalue weighted by atomic mass is 9.88. The summed E-state index contributed by atoms with van der Waals surface area (Å²) in [6, 6.07) is 7.01. The number of aromatic nitrogens is 2. The number of nitrogens with zero attached hydrogens (tertiary/aromatic N) is 3. The molecule has 1 atom stereocenters. The second-order valence-electron chi connectivity index (χ2n) is 8.10. The van der Waals surface area contributed by atoms with Crippen molar-refractivity contribution in [1.82, 2.24) is 14.5 Å². The van der Waals surface area contributed by atoms with Crippen LogP contribution in [0.2, 0.25) is 5.02 Å². The normalized spacial score (nSPS) is 22.9. The van der Waals surface area contributed by atoms with Crippen molar-refractivity contribution in [2.24, 2.45) is 5.92 Å². The molecule has 3 heterocycles. The number of fused-ring (bicyclic) bond motifs is 2. The number of rotatable bonds is 3. The molecule has 8 heteroatoms. The first-order valence-electron chi connectivity index (χ1n) is 10.1. The van der Waals surface area contributed by atoms with Gasteiger partial charge in [0.2, 0.25) is 5.91 Å². The van der Waals surface area contributed by atoms with Gasteiger partial charge in [-0.1, -0.05) is 11.6 Å². The zero-order chi connectivity index (χ0) is 20.0. The fourth-order valence-corrected chi connectivity index (χ4v) is 4.43. The Morgan fingerprint density at radius 3 is 2.59 bits per heavy atom. The van der Waals surface area contributed by atoms with E-state index in [-0.39, 0.29) is 17.7 Å². The zero-order valence-electron chi connectivity index (χ0n) is 16.0. The Kier molecular flexibility index (Phi) is 4.59. The molecule has 1 saturated carbocycles. The summed E-state index contributed by atoms with van der Waals surface area (Å²) in [6.07, 6.45) is 6.33. The summed E-state index contributed by atoms with van der Waals surface area (Å²) >= 11 is 5.92. The molecular weight excluding hydrogens is 392 g/mol. The maximum atomic E-state index is 12.9. The molecule has 0 radical (unpaired) electrons. The standard InChI is InChI=1S/C21H23ClN4O3/c22-15-3-5-16(6-4-15)24-18(27)17-13-26-12-9-23-20(26)21(29-17)7-10-25(11-8-21)19(28)14-1-2-14/h3-6,9,12,14,17H,1-2,7-8,10-11,13H2,(H,24,27). The Balaban J connectivity index is 1.33. The van der Waals surface area contributed by atoms with Crippen LogP contribution in [0.4, 0.5) is 5.69 Å². The molecule has 2 aromatic rings. The van der Waals surface area contributed by atoms with E-state index >= 15 is 0 Å². The maximum Gasteiger partial charge on any atom is 0.255 e. The number of piperidine rings is 1. The van der Waals surface area contributed by atoms with Gasteiger partial charge in [-0.25, -0.2) is 4.98 Å². The SMILES string of the molecule is O=C(Nc1ccc(Cl)cc1)C1Cn2ccnc2C2(CCN(C(=O)C3CC3)CC2)O1. The third kappa shape index (κ3) is 3.53. The van der Waals surface area contributed by atoms with Crippen LogP contribution in [-0.4, -0.2) is 45.5 Å². The van der Waals surface area contributed by atoms with E-state index in [0.717, 1.165) is 18.7 Å². The molecule has 29 heavy (non-hydrogen) atoms. The number of imidazole rings is 1. The first kappa shape index (κ1) is 18.6. The number of carbonyl (C=O) groups is 2. The van der Waals surface area contributed by atoms with E-state index in [1.165, 1.54) is 0 Å². The van der Waals surface area contributed by atoms with Crippen LogP contribution in [0.25, 0.3) is 0 Å². The summed E-state index contributed by atoms with van der Waals surface area (Å²) in [5, 5.41) is 3.53. The Morgan fingerprint density at radius 1 is 1.17 bits per heavy atom. The minimum atomic E-state index is -0.635. The van der Waals surface area contributed by atoms with Crippen LogP contribution in [0, 0.1) is 5.92 Å². The van der Waals surface area contributed by atoms with Crippen molar-refractivity contribution in [3.63, 3.8) is 0 Å². The van der Waals surface area contributed by atoms with Gasteiger partial charge in [0.05, 0.1) is 6.54 Å². The van der Waals surface area contributed by atoms with Crippen molar-refractivity contribution < 1.29 is 14.3 Å². The smallest absolute Gasteiger partial charge is 0.255 e. The minimum absolute atomic E-state index is 0.192. The van der Waals surface area contributed by atoms with Crippen molar-refractivity contribution in [3.8, 4) is 0 Å². The molecule has 1 unspecified atom stereocenters. The molecule has 1 N–H and O–H groups in total. The number of ether oxygens (including phenoxy) is 1. The van der Waals surface area contributed by atoms with Crippen molar-refractivity contribution in [3.05, 3.63) is 47.5 Å². The van der Waals surface area contributed by atoms with Gasteiger partial charge in [-0.05, 0) is 37.1 Å². The highest BCUT2D eigenvalue weighted by Crippen LogP contribution is 2.41. The van der Waals surface area contributed by atoms with Crippen LogP contribution in [0.15, 0.2) is 36.7 Å². The van der Waals surface area contributed by atoms with Crippen LogP contribution in [0.1, 0.15) is 31.5 Å². The van der Waals surface area contributed by atoms with Crippen LogP contribution < -0.4 is 5.32 Å². The second-order valence-corrected chi connectivity index (χ2v) is 8.54. The Labute approximate surface area is 174 Å². The van der Waals surface area contributed by atoms with Crippen molar-refractivity contribution in [2.45, 2.75) is 43.9 Å². The summed E-state index contributed by atoms with van der Waals surface area (Å²) in [6.45, 7) is 1.68. The van der Waals surface area contributed by atoms with E-state index in [1.54, 1.807) is 30.5 Å². The molecule has 1 spiro atoms. The monoisotopic (exact) mass is 414 g/mol. The van der Waals surface area contributed by atoms with Crippen molar-refractivity contribution in [2.75, 3.05) is 18.4 Å². The first-order chi connectivity index (χ1) is 14.0. The van der Waals surface area contributed by atoms with Crippen LogP contribution in [0.3, 0.4) is 0 Å². The highest BCUT2D eigenvalue weighted by Gasteiger charge is 2.48. The summed E-state index contributed by atoms with van der Waals surface area (Å²) in [5.41, 5.74) is 0.0442. The van der Waals surface area contributed by atoms with E-state index in [9.17, 15) is 9.59 Å². The lowest BCUT2D eigenvalue weighted by Gasteiger charge is -2.45. The van der Waals surface area contributed by atoms with Gasteiger partial charge in [0, 0.05) is 55.0 Å². The molecule has 1 saturated heterocycles. The molecule has 1 aromatic carbocycles. The van der Waals surface area contributed by atoms with Gasteiger partial charge in [0.15, 0.2) is 6.10 Å². The molecule has 0 bridgehead atoms. The minimum Gasteiger partial charge on any atom is -0.352 e. The van der Waals surface area contributed by atoms with Gasteiger partial charge in [0.25, 0.3) is 5.91 Å². The molecule has 2 amide bonds. The topological polar surface area (TPSA) is 76.5 Å². The molecular formula is C21H23ClN4O3. The number of halogens is 1. The number of nitrogens with one attached hydrogen (secondary N) is 1. The predicted molar refractivity (Wildman–Crippen MR) is 107 cm³/mol. The fraction of sp³-hybridized carbons (Fsp3) is 0.476. The van der Waals surface area contributed by atoms with E-state index in [4.69, 9.17) is 16.3 Å². The van der Waals surface area contributed by atoms with E-state index in [1.807, 2.05) is 15.7 Å². The highest BCUT2D eigenvalue weighted by atomic mass is 35.5. The van der Waals surface area contributed by atoms with Gasteiger partial charge < -0.3 is 19.5 Å². The van der Waals surface area contributed by atoms with Gasteiger partial charge >= 0.3 is 0 Å². The molecule has 1 aromatic heterocycles. The molecule has 3 aliphatic rings. The molecule has 5 rings (SSSR count). The van der Waals surface area contributed by atoms with E-state index in [2.05, 4.69) is 10.3 Å². The molecule has 2 aliphatic heterocycles.